The largest absolute Gasteiger partial charge is 0.417 e. The van der Waals surface area contributed by atoms with Gasteiger partial charge in [-0.1, -0.05) is 15.9 Å². The van der Waals surface area contributed by atoms with E-state index < -0.39 is 5.76 Å². The Morgan fingerprint density at radius 1 is 1.53 bits per heavy atom. The van der Waals surface area contributed by atoms with Gasteiger partial charge < -0.3 is 4.42 Å². The number of hydrogen-bond acceptors (Lipinski definition) is 3. The maximum absolute atomic E-state index is 11.6. The highest BCUT2D eigenvalue weighted by atomic mass is 79.9. The molecule has 2 aromatic rings. The summed E-state index contributed by atoms with van der Waals surface area (Å²) in [5, 5.41) is 0. The summed E-state index contributed by atoms with van der Waals surface area (Å²) in [6.07, 6.45) is 0. The van der Waals surface area contributed by atoms with Crippen molar-refractivity contribution in [3.8, 4) is 0 Å². The molecule has 0 spiro atoms. The number of aromatic amines is 1. The van der Waals surface area contributed by atoms with Gasteiger partial charge in [-0.05, 0) is 25.1 Å². The van der Waals surface area contributed by atoms with Crippen molar-refractivity contribution >= 4 is 32.8 Å². The number of nitrogens with one attached hydrogen (secondary N) is 1. The Hall–Kier alpha value is -1.36. The minimum absolute atomic E-state index is 0.0410. The van der Waals surface area contributed by atoms with Crippen LogP contribution in [0.2, 0.25) is 0 Å². The molecule has 0 amide bonds. The Balaban J connectivity index is 2.55. The lowest BCUT2D eigenvalue weighted by Crippen LogP contribution is -2.09. The van der Waals surface area contributed by atoms with Crippen LogP contribution in [-0.4, -0.2) is 15.6 Å². The maximum Gasteiger partial charge on any atom is 0.417 e. The Labute approximate surface area is 93.4 Å². The van der Waals surface area contributed by atoms with Gasteiger partial charge in [0.15, 0.2) is 11.4 Å². The van der Waals surface area contributed by atoms with Crippen molar-refractivity contribution in [2.75, 3.05) is 0 Å². The van der Waals surface area contributed by atoms with Crippen molar-refractivity contribution in [2.24, 2.45) is 0 Å². The third-order valence-electron chi connectivity index (χ3n) is 2.07. The van der Waals surface area contributed by atoms with E-state index >= 15 is 0 Å². The van der Waals surface area contributed by atoms with Crippen molar-refractivity contribution in [1.29, 1.82) is 0 Å². The van der Waals surface area contributed by atoms with Crippen LogP contribution >= 0.6 is 15.9 Å². The van der Waals surface area contributed by atoms with Gasteiger partial charge >= 0.3 is 5.76 Å². The molecule has 1 atom stereocenters. The SMILES string of the molecule is CC(Br)C(=O)c1ccc2[nH]c(=O)oc2c1. The lowest BCUT2D eigenvalue weighted by molar-refractivity contribution is 0.0996. The minimum atomic E-state index is -0.513. The number of carbonyl (C=O) groups is 1. The second kappa shape index (κ2) is 3.66. The van der Waals surface area contributed by atoms with Gasteiger partial charge in [-0.3, -0.25) is 9.78 Å². The zero-order valence-electron chi connectivity index (χ0n) is 7.91. The van der Waals surface area contributed by atoms with E-state index in [-0.39, 0.29) is 10.6 Å². The highest BCUT2D eigenvalue weighted by Crippen LogP contribution is 2.15. The second-order valence-corrected chi connectivity index (χ2v) is 4.58. The molecule has 0 fully saturated rings. The molecule has 1 unspecified atom stereocenters. The van der Waals surface area contributed by atoms with E-state index in [9.17, 15) is 9.59 Å². The summed E-state index contributed by atoms with van der Waals surface area (Å²) in [6.45, 7) is 1.75. The molecule has 1 aromatic heterocycles. The molecule has 0 aliphatic rings. The predicted octanol–water partition coefficient (Wildman–Crippen LogP) is 2.09. The number of aromatic nitrogens is 1. The zero-order valence-corrected chi connectivity index (χ0v) is 9.50. The number of ketones is 1. The van der Waals surface area contributed by atoms with Crippen LogP contribution < -0.4 is 5.76 Å². The monoisotopic (exact) mass is 269 g/mol. The zero-order chi connectivity index (χ0) is 11.0. The van der Waals surface area contributed by atoms with Crippen LogP contribution in [0.4, 0.5) is 0 Å². The van der Waals surface area contributed by atoms with E-state index in [1.54, 1.807) is 25.1 Å². The number of fused-ring (bicyclic) bond motifs is 1. The molecule has 1 aromatic carbocycles. The average Bonchev–Trinajstić information content (AvgIpc) is 2.55. The first-order valence-corrected chi connectivity index (χ1v) is 5.30. The summed E-state index contributed by atoms with van der Waals surface area (Å²) in [5.74, 6) is -0.553. The molecular weight excluding hydrogens is 262 g/mol. The number of oxazole rings is 1. The Kier molecular flexibility index (Phi) is 2.48. The van der Waals surface area contributed by atoms with Gasteiger partial charge in [-0.25, -0.2) is 4.79 Å². The van der Waals surface area contributed by atoms with E-state index in [1.807, 2.05) is 0 Å². The molecule has 0 saturated carbocycles. The van der Waals surface area contributed by atoms with Gasteiger partial charge in [0.25, 0.3) is 0 Å². The molecule has 0 bridgehead atoms. The summed E-state index contributed by atoms with van der Waals surface area (Å²) in [4.78, 5) is 24.8. The molecule has 2 rings (SSSR count). The van der Waals surface area contributed by atoms with Gasteiger partial charge in [-0.15, -0.1) is 0 Å². The number of carbonyl (C=O) groups excluding carboxylic acids is 1. The quantitative estimate of drug-likeness (QED) is 0.671. The number of H-pyrrole nitrogens is 1. The Morgan fingerprint density at radius 3 is 2.93 bits per heavy atom. The van der Waals surface area contributed by atoms with Crippen molar-refractivity contribution in [3.63, 3.8) is 0 Å². The van der Waals surface area contributed by atoms with Crippen molar-refractivity contribution in [2.45, 2.75) is 11.8 Å². The van der Waals surface area contributed by atoms with E-state index in [2.05, 4.69) is 20.9 Å². The number of hydrogen-bond donors (Lipinski definition) is 1. The second-order valence-electron chi connectivity index (χ2n) is 3.21. The number of benzene rings is 1. The average molecular weight is 270 g/mol. The maximum atomic E-state index is 11.6. The van der Waals surface area contributed by atoms with Crippen LogP contribution in [-0.2, 0) is 0 Å². The summed E-state index contributed by atoms with van der Waals surface area (Å²) in [6, 6.07) is 4.88. The molecule has 15 heavy (non-hydrogen) atoms. The first kappa shape index (κ1) is 10.2. The van der Waals surface area contributed by atoms with Crippen LogP contribution in [0.1, 0.15) is 17.3 Å². The fourth-order valence-corrected chi connectivity index (χ4v) is 1.59. The molecule has 0 radical (unpaired) electrons. The highest BCUT2D eigenvalue weighted by molar-refractivity contribution is 9.10. The number of alkyl halides is 1. The van der Waals surface area contributed by atoms with Crippen LogP contribution in [0.15, 0.2) is 27.4 Å². The third kappa shape index (κ3) is 1.87. The van der Waals surface area contributed by atoms with Crippen molar-refractivity contribution in [3.05, 3.63) is 34.3 Å². The molecule has 4 nitrogen and oxygen atoms in total. The molecule has 1 heterocycles. The van der Waals surface area contributed by atoms with Crippen LogP contribution in [0.3, 0.4) is 0 Å². The fraction of sp³-hybridized carbons (Fsp3) is 0.200. The van der Waals surface area contributed by atoms with Crippen molar-refractivity contribution < 1.29 is 9.21 Å². The highest BCUT2D eigenvalue weighted by Gasteiger charge is 2.13. The smallest absolute Gasteiger partial charge is 0.408 e. The van der Waals surface area contributed by atoms with Gasteiger partial charge in [0.1, 0.15) is 0 Å². The van der Waals surface area contributed by atoms with Gasteiger partial charge in [-0.2, -0.15) is 0 Å². The fourth-order valence-electron chi connectivity index (χ4n) is 1.33. The summed E-state index contributed by atoms with van der Waals surface area (Å²) in [7, 11) is 0. The van der Waals surface area contributed by atoms with Crippen LogP contribution in [0.5, 0.6) is 0 Å². The molecule has 78 valence electrons. The Bertz CT molecular complexity index is 567. The molecule has 0 aliphatic carbocycles. The summed E-state index contributed by atoms with van der Waals surface area (Å²) < 4.78 is 4.86. The van der Waals surface area contributed by atoms with Gasteiger partial charge in [0.05, 0.1) is 10.3 Å². The molecule has 5 heteroatoms. The molecular formula is C10H8BrNO3. The molecule has 0 saturated heterocycles. The number of rotatable bonds is 2. The number of halogens is 1. The van der Waals surface area contributed by atoms with E-state index in [4.69, 9.17) is 4.42 Å². The Morgan fingerprint density at radius 2 is 2.27 bits per heavy atom. The van der Waals surface area contributed by atoms with Crippen molar-refractivity contribution in [1.82, 2.24) is 4.98 Å². The van der Waals surface area contributed by atoms with Crippen LogP contribution in [0.25, 0.3) is 11.1 Å². The normalized spacial score (nSPS) is 12.9. The van der Waals surface area contributed by atoms with Gasteiger partial charge in [0, 0.05) is 5.56 Å². The minimum Gasteiger partial charge on any atom is -0.408 e. The van der Waals surface area contributed by atoms with E-state index in [1.165, 1.54) is 0 Å². The van der Waals surface area contributed by atoms with Gasteiger partial charge in [0.2, 0.25) is 0 Å². The standard InChI is InChI=1S/C10H8BrNO3/c1-5(11)9(13)6-2-3-7-8(4-6)15-10(14)12-7/h2-5H,1H3,(H,12,14). The van der Waals surface area contributed by atoms with E-state index in [0.717, 1.165) is 0 Å². The first-order chi connectivity index (χ1) is 7.08. The summed E-state index contributed by atoms with van der Waals surface area (Å²) >= 11 is 3.20. The predicted molar refractivity (Wildman–Crippen MR) is 59.6 cm³/mol. The van der Waals surface area contributed by atoms with E-state index in [0.29, 0.717) is 16.7 Å². The molecule has 1 N–H and O–H groups in total. The third-order valence-corrected chi connectivity index (χ3v) is 2.48. The lowest BCUT2D eigenvalue weighted by Gasteiger charge is -2.01. The topological polar surface area (TPSA) is 63.1 Å². The molecule has 0 aliphatic heterocycles. The number of Topliss-reactive ketones (excluding diaryl/α,β-unsaturated/α-hetero) is 1. The summed E-state index contributed by atoms with van der Waals surface area (Å²) in [5.41, 5.74) is 1.52. The first-order valence-electron chi connectivity index (χ1n) is 4.39. The lowest BCUT2D eigenvalue weighted by atomic mass is 10.1. The van der Waals surface area contributed by atoms with Crippen LogP contribution in [0, 0.1) is 0 Å².